The number of ether oxygens (including phenoxy) is 2. The van der Waals surface area contributed by atoms with Gasteiger partial charge in [0.1, 0.15) is 5.75 Å². The van der Waals surface area contributed by atoms with Crippen molar-refractivity contribution in [2.75, 3.05) is 20.2 Å². The number of pyridine rings is 1. The van der Waals surface area contributed by atoms with Crippen molar-refractivity contribution in [1.29, 1.82) is 0 Å². The third-order valence-corrected chi connectivity index (χ3v) is 4.20. The number of nitrogens with zero attached hydrogens (tertiary/aromatic N) is 1. The van der Waals surface area contributed by atoms with Gasteiger partial charge in [-0.25, -0.2) is 0 Å². The lowest BCUT2D eigenvalue weighted by Crippen LogP contribution is -2.48. The highest BCUT2D eigenvalue weighted by Crippen LogP contribution is 2.28. The Morgan fingerprint density at radius 2 is 2.04 bits per heavy atom. The summed E-state index contributed by atoms with van der Waals surface area (Å²) < 4.78 is 12.9. The Bertz CT molecular complexity index is 737. The zero-order chi connectivity index (χ0) is 16.4. The quantitative estimate of drug-likeness (QED) is 0.915. The fraction of sp³-hybridized carbons (Fsp3) is 0.389. The van der Waals surface area contributed by atoms with Crippen molar-refractivity contribution < 1.29 is 9.47 Å². The third kappa shape index (κ3) is 3.30. The molecule has 23 heavy (non-hydrogen) atoms. The second-order valence-corrected chi connectivity index (χ2v) is 5.95. The van der Waals surface area contributed by atoms with Gasteiger partial charge in [0.2, 0.25) is 0 Å². The number of nitrogens with one attached hydrogen (secondary N) is 1. The van der Waals surface area contributed by atoms with Crippen molar-refractivity contribution in [2.45, 2.75) is 19.6 Å². The molecule has 5 nitrogen and oxygen atoms in total. The molecule has 0 radical (unpaired) electrons. The van der Waals surface area contributed by atoms with Crippen LogP contribution in [0.4, 0.5) is 0 Å². The lowest BCUT2D eigenvalue weighted by molar-refractivity contribution is 0.00682. The average molecular weight is 314 g/mol. The van der Waals surface area contributed by atoms with E-state index in [1.54, 1.807) is 18.7 Å². The number of benzene rings is 1. The van der Waals surface area contributed by atoms with Crippen LogP contribution in [0.1, 0.15) is 11.1 Å². The molecular formula is C18H22N2O3. The Hall–Kier alpha value is -2.11. The van der Waals surface area contributed by atoms with Gasteiger partial charge >= 0.3 is 0 Å². The van der Waals surface area contributed by atoms with Crippen molar-refractivity contribution in [2.24, 2.45) is 7.05 Å². The molecule has 0 saturated carbocycles. The standard InChI is InChI=1S/C18H22N2O3/c1-12-6-15(10-20(2)18(12)21)13-4-5-14(17(7-13)22-3)11-23-16-8-19-9-16/h4-7,10,16,19H,8-9,11H2,1-3H3. The second kappa shape index (κ2) is 6.56. The van der Waals surface area contributed by atoms with E-state index in [1.807, 2.05) is 37.4 Å². The summed E-state index contributed by atoms with van der Waals surface area (Å²) in [6.07, 6.45) is 2.14. The summed E-state index contributed by atoms with van der Waals surface area (Å²) in [7, 11) is 3.43. The molecule has 1 N–H and O–H groups in total. The second-order valence-electron chi connectivity index (χ2n) is 5.95. The molecule has 3 rings (SSSR count). The van der Waals surface area contributed by atoms with E-state index in [2.05, 4.69) is 5.32 Å². The predicted octanol–water partition coefficient (Wildman–Crippen LogP) is 1.86. The van der Waals surface area contributed by atoms with Crippen LogP contribution in [0, 0.1) is 6.92 Å². The van der Waals surface area contributed by atoms with Crippen molar-refractivity contribution in [1.82, 2.24) is 9.88 Å². The van der Waals surface area contributed by atoms with Gasteiger partial charge in [-0.15, -0.1) is 0 Å². The molecule has 5 heteroatoms. The minimum absolute atomic E-state index is 0.0276. The van der Waals surface area contributed by atoms with Gasteiger partial charge in [-0.2, -0.15) is 0 Å². The summed E-state index contributed by atoms with van der Waals surface area (Å²) in [6, 6.07) is 7.98. The molecule has 0 atom stereocenters. The molecule has 2 heterocycles. The van der Waals surface area contributed by atoms with E-state index in [-0.39, 0.29) is 5.56 Å². The lowest BCUT2D eigenvalue weighted by atomic mass is 10.0. The summed E-state index contributed by atoms with van der Waals surface area (Å²) in [4.78, 5) is 11.8. The van der Waals surface area contributed by atoms with Crippen molar-refractivity contribution in [3.8, 4) is 16.9 Å². The summed E-state index contributed by atoms with van der Waals surface area (Å²) in [5, 5.41) is 3.19. The Kier molecular flexibility index (Phi) is 4.50. The van der Waals surface area contributed by atoms with Crippen LogP contribution >= 0.6 is 0 Å². The van der Waals surface area contributed by atoms with Gasteiger partial charge < -0.3 is 19.4 Å². The fourth-order valence-corrected chi connectivity index (χ4v) is 2.67. The van der Waals surface area contributed by atoms with Crippen molar-refractivity contribution in [3.05, 3.63) is 51.9 Å². The molecule has 1 saturated heterocycles. The molecule has 0 unspecified atom stereocenters. The smallest absolute Gasteiger partial charge is 0.253 e. The number of aromatic nitrogens is 1. The van der Waals surface area contributed by atoms with Crippen LogP contribution in [0.25, 0.3) is 11.1 Å². The Morgan fingerprint density at radius 1 is 1.26 bits per heavy atom. The highest BCUT2D eigenvalue weighted by atomic mass is 16.5. The zero-order valence-electron chi connectivity index (χ0n) is 13.8. The molecule has 0 aliphatic carbocycles. The van der Waals surface area contributed by atoms with Crippen LogP contribution in [-0.4, -0.2) is 30.9 Å². The molecule has 2 aromatic rings. The first-order valence-electron chi connectivity index (χ1n) is 7.75. The minimum Gasteiger partial charge on any atom is -0.496 e. The van der Waals surface area contributed by atoms with E-state index in [4.69, 9.17) is 9.47 Å². The molecule has 1 fully saturated rings. The van der Waals surface area contributed by atoms with Gasteiger partial charge in [0.25, 0.3) is 5.56 Å². The van der Waals surface area contributed by atoms with Crippen LogP contribution < -0.4 is 15.6 Å². The predicted molar refractivity (Wildman–Crippen MR) is 89.9 cm³/mol. The van der Waals surface area contributed by atoms with E-state index in [0.29, 0.717) is 12.7 Å². The van der Waals surface area contributed by atoms with Gasteiger partial charge in [-0.3, -0.25) is 4.79 Å². The molecule has 1 aliphatic heterocycles. The molecule has 0 spiro atoms. The SMILES string of the molecule is COc1cc(-c2cc(C)c(=O)n(C)c2)ccc1COC1CNC1. The van der Waals surface area contributed by atoms with E-state index in [0.717, 1.165) is 41.1 Å². The number of hydrogen-bond donors (Lipinski definition) is 1. The van der Waals surface area contributed by atoms with E-state index in [1.165, 1.54) is 0 Å². The maximum absolute atomic E-state index is 11.8. The monoisotopic (exact) mass is 314 g/mol. The lowest BCUT2D eigenvalue weighted by Gasteiger charge is -2.27. The molecule has 0 amide bonds. The van der Waals surface area contributed by atoms with Gasteiger partial charge in [0.05, 0.1) is 19.8 Å². The fourth-order valence-electron chi connectivity index (χ4n) is 2.67. The molecule has 0 bridgehead atoms. The molecule has 122 valence electrons. The van der Waals surface area contributed by atoms with Crippen LogP contribution in [0.15, 0.2) is 35.3 Å². The van der Waals surface area contributed by atoms with Crippen LogP contribution in [0.2, 0.25) is 0 Å². The average Bonchev–Trinajstić information content (AvgIpc) is 2.50. The number of hydrogen-bond acceptors (Lipinski definition) is 4. The summed E-state index contributed by atoms with van der Waals surface area (Å²) >= 11 is 0. The normalized spacial score (nSPS) is 14.6. The largest absolute Gasteiger partial charge is 0.496 e. The van der Waals surface area contributed by atoms with Crippen LogP contribution in [0.3, 0.4) is 0 Å². The Morgan fingerprint density at radius 3 is 2.65 bits per heavy atom. The highest BCUT2D eigenvalue weighted by molar-refractivity contribution is 5.66. The maximum atomic E-state index is 11.8. The topological polar surface area (TPSA) is 52.5 Å². The van der Waals surface area contributed by atoms with Gasteiger partial charge in [-0.1, -0.05) is 12.1 Å². The first kappa shape index (κ1) is 15.8. The van der Waals surface area contributed by atoms with Gasteiger partial charge in [0, 0.05) is 37.5 Å². The number of methoxy groups -OCH3 is 1. The Labute approximate surface area is 135 Å². The maximum Gasteiger partial charge on any atom is 0.253 e. The molecular weight excluding hydrogens is 292 g/mol. The van der Waals surface area contributed by atoms with E-state index >= 15 is 0 Å². The van der Waals surface area contributed by atoms with Gasteiger partial charge in [0.15, 0.2) is 0 Å². The molecule has 1 aromatic heterocycles. The van der Waals surface area contributed by atoms with Crippen molar-refractivity contribution >= 4 is 0 Å². The minimum atomic E-state index is 0.0276. The number of rotatable bonds is 5. The molecule has 1 aromatic carbocycles. The van der Waals surface area contributed by atoms with Gasteiger partial charge in [-0.05, 0) is 30.2 Å². The highest BCUT2D eigenvalue weighted by Gasteiger charge is 2.18. The first-order chi connectivity index (χ1) is 11.1. The molecule has 1 aliphatic rings. The van der Waals surface area contributed by atoms with Crippen molar-refractivity contribution in [3.63, 3.8) is 0 Å². The summed E-state index contributed by atoms with van der Waals surface area (Å²) in [6.45, 7) is 4.20. The van der Waals surface area contributed by atoms with Crippen LogP contribution in [-0.2, 0) is 18.4 Å². The van der Waals surface area contributed by atoms with E-state index < -0.39 is 0 Å². The summed E-state index contributed by atoms with van der Waals surface area (Å²) in [5.41, 5.74) is 3.81. The summed E-state index contributed by atoms with van der Waals surface area (Å²) in [5.74, 6) is 0.807. The zero-order valence-corrected chi connectivity index (χ0v) is 13.8. The van der Waals surface area contributed by atoms with Crippen LogP contribution in [0.5, 0.6) is 5.75 Å². The third-order valence-electron chi connectivity index (χ3n) is 4.20. The first-order valence-corrected chi connectivity index (χ1v) is 7.75. The van der Waals surface area contributed by atoms with E-state index in [9.17, 15) is 4.79 Å². The Balaban J connectivity index is 1.87. The number of aryl methyl sites for hydroxylation is 2.